The van der Waals surface area contributed by atoms with E-state index in [1.165, 1.54) is 10.5 Å². The van der Waals surface area contributed by atoms with Gasteiger partial charge in [0.05, 0.1) is 11.4 Å². The van der Waals surface area contributed by atoms with E-state index in [1.54, 1.807) is 29.3 Å². The van der Waals surface area contributed by atoms with Crippen molar-refractivity contribution >= 4 is 28.8 Å². The van der Waals surface area contributed by atoms with Gasteiger partial charge in [-0.3, -0.25) is 4.98 Å². The summed E-state index contributed by atoms with van der Waals surface area (Å²) in [6, 6.07) is 11.9. The first-order valence-corrected chi connectivity index (χ1v) is 8.43. The van der Waals surface area contributed by atoms with Crippen LogP contribution in [0.2, 0.25) is 0 Å². The van der Waals surface area contributed by atoms with Crippen LogP contribution in [-0.4, -0.2) is 9.97 Å². The van der Waals surface area contributed by atoms with Gasteiger partial charge >= 0.3 is 0 Å². The molecule has 0 saturated heterocycles. The maximum Gasteiger partial charge on any atom is 0.142 e. The molecule has 1 aromatic carbocycles. The van der Waals surface area contributed by atoms with Crippen molar-refractivity contribution in [2.24, 2.45) is 0 Å². The fourth-order valence-electron chi connectivity index (χ4n) is 1.90. The summed E-state index contributed by atoms with van der Waals surface area (Å²) in [6.45, 7) is 2.10. The lowest BCUT2D eigenvalue weighted by molar-refractivity contribution is 1.20. The molecule has 2 aromatic heterocycles. The smallest absolute Gasteiger partial charge is 0.142 e. The van der Waals surface area contributed by atoms with E-state index in [4.69, 9.17) is 5.73 Å². The Hall–Kier alpha value is -1.85. The molecular weight excluding hydrogens is 298 g/mol. The first kappa shape index (κ1) is 14.1. The van der Waals surface area contributed by atoms with Crippen molar-refractivity contribution in [3.05, 3.63) is 59.2 Å². The molecule has 21 heavy (non-hydrogen) atoms. The number of thiazole rings is 1. The molecule has 0 fully saturated rings. The Kier molecular flexibility index (Phi) is 4.22. The fraction of sp³-hybridized carbons (Fsp3) is 0.125. The topological polar surface area (TPSA) is 51.8 Å². The number of aromatic nitrogens is 2. The minimum absolute atomic E-state index is 0.801. The van der Waals surface area contributed by atoms with Crippen molar-refractivity contribution in [2.45, 2.75) is 17.6 Å². The fourth-order valence-corrected chi connectivity index (χ4v) is 3.77. The lowest BCUT2D eigenvalue weighted by Crippen LogP contribution is -1.88. The summed E-state index contributed by atoms with van der Waals surface area (Å²) in [4.78, 5) is 10.2. The highest BCUT2D eigenvalue weighted by molar-refractivity contribution is 7.98. The third-order valence-corrected chi connectivity index (χ3v) is 5.13. The molecule has 3 nitrogen and oxygen atoms in total. The van der Waals surface area contributed by atoms with Gasteiger partial charge in [0.1, 0.15) is 5.01 Å². The monoisotopic (exact) mass is 313 g/mol. The molecule has 106 valence electrons. The second-order valence-electron chi connectivity index (χ2n) is 4.67. The third-order valence-electron chi connectivity index (χ3n) is 3.02. The minimum Gasteiger partial charge on any atom is -0.399 e. The van der Waals surface area contributed by atoms with Crippen LogP contribution in [0.5, 0.6) is 0 Å². The predicted molar refractivity (Wildman–Crippen MR) is 90.5 cm³/mol. The predicted octanol–water partition coefficient (Wildman–Crippen LogP) is 4.39. The normalized spacial score (nSPS) is 10.7. The van der Waals surface area contributed by atoms with Crippen molar-refractivity contribution < 1.29 is 0 Å². The van der Waals surface area contributed by atoms with Crippen molar-refractivity contribution in [3.8, 4) is 10.7 Å². The van der Waals surface area contributed by atoms with E-state index in [0.29, 0.717) is 0 Å². The van der Waals surface area contributed by atoms with Crippen LogP contribution in [0.4, 0.5) is 5.69 Å². The Morgan fingerprint density at radius 2 is 2.14 bits per heavy atom. The number of thioether (sulfide) groups is 1. The van der Waals surface area contributed by atoms with Crippen LogP contribution in [0.15, 0.2) is 52.9 Å². The number of aryl methyl sites for hydroxylation is 1. The van der Waals surface area contributed by atoms with Gasteiger partial charge in [0.15, 0.2) is 0 Å². The molecule has 0 atom stereocenters. The van der Waals surface area contributed by atoms with Gasteiger partial charge in [0.2, 0.25) is 0 Å². The molecule has 3 rings (SSSR count). The van der Waals surface area contributed by atoms with Gasteiger partial charge in [-0.1, -0.05) is 12.1 Å². The van der Waals surface area contributed by atoms with Gasteiger partial charge < -0.3 is 5.73 Å². The Bertz CT molecular complexity index is 738. The molecule has 0 spiro atoms. The second kappa shape index (κ2) is 6.28. The summed E-state index contributed by atoms with van der Waals surface area (Å²) in [5, 5.41) is 3.06. The van der Waals surface area contributed by atoms with Gasteiger partial charge in [-0.2, -0.15) is 0 Å². The van der Waals surface area contributed by atoms with Crippen molar-refractivity contribution in [1.82, 2.24) is 9.97 Å². The van der Waals surface area contributed by atoms with Gasteiger partial charge in [-0.15, -0.1) is 23.1 Å². The van der Waals surface area contributed by atoms with E-state index in [9.17, 15) is 0 Å². The SMILES string of the molecule is Cc1ccc(N)cc1SCc1csc(-c2ccccn2)n1. The molecule has 0 saturated carbocycles. The van der Waals surface area contributed by atoms with Crippen LogP contribution in [0.1, 0.15) is 11.3 Å². The zero-order chi connectivity index (χ0) is 14.7. The number of anilines is 1. The first-order valence-electron chi connectivity index (χ1n) is 6.57. The average Bonchev–Trinajstić information content (AvgIpc) is 2.98. The summed E-state index contributed by atoms with van der Waals surface area (Å²) in [6.07, 6.45) is 1.79. The lowest BCUT2D eigenvalue weighted by Gasteiger charge is -2.05. The highest BCUT2D eigenvalue weighted by atomic mass is 32.2. The van der Waals surface area contributed by atoms with Crippen LogP contribution in [0.3, 0.4) is 0 Å². The van der Waals surface area contributed by atoms with Crippen LogP contribution in [0, 0.1) is 6.92 Å². The standard InChI is InChI=1S/C16H15N3S2/c1-11-5-6-12(17)8-15(11)20-9-13-10-21-16(19-13)14-4-2-3-7-18-14/h2-8,10H,9,17H2,1H3. The number of hydrogen-bond donors (Lipinski definition) is 1. The third kappa shape index (κ3) is 3.43. The van der Waals surface area contributed by atoms with E-state index in [-0.39, 0.29) is 0 Å². The molecule has 5 heteroatoms. The van der Waals surface area contributed by atoms with Gasteiger partial charge in [0.25, 0.3) is 0 Å². The van der Waals surface area contributed by atoms with Gasteiger partial charge in [0, 0.05) is 27.9 Å². The number of nitrogen functional groups attached to an aromatic ring is 1. The number of pyridine rings is 1. The van der Waals surface area contributed by atoms with Gasteiger partial charge in [-0.25, -0.2) is 4.98 Å². The zero-order valence-electron chi connectivity index (χ0n) is 11.6. The minimum atomic E-state index is 0.801. The number of hydrogen-bond acceptors (Lipinski definition) is 5. The Balaban J connectivity index is 1.72. The molecule has 0 aliphatic carbocycles. The maximum absolute atomic E-state index is 5.84. The molecule has 0 unspecified atom stereocenters. The number of benzene rings is 1. The maximum atomic E-state index is 5.84. The van der Waals surface area contributed by atoms with Crippen LogP contribution < -0.4 is 5.73 Å². The van der Waals surface area contributed by atoms with E-state index in [0.717, 1.165) is 27.8 Å². The van der Waals surface area contributed by atoms with Gasteiger partial charge in [-0.05, 0) is 36.8 Å². The second-order valence-corrected chi connectivity index (χ2v) is 6.55. The molecule has 2 N–H and O–H groups in total. The zero-order valence-corrected chi connectivity index (χ0v) is 13.2. The summed E-state index contributed by atoms with van der Waals surface area (Å²) in [5.41, 5.74) is 9.89. The average molecular weight is 313 g/mol. The molecule has 0 aliphatic rings. The highest BCUT2D eigenvalue weighted by Gasteiger charge is 2.07. The van der Waals surface area contributed by atoms with Crippen LogP contribution >= 0.6 is 23.1 Å². The van der Waals surface area contributed by atoms with E-state index in [2.05, 4.69) is 28.3 Å². The molecule has 3 aromatic rings. The lowest BCUT2D eigenvalue weighted by atomic mass is 10.2. The molecule has 0 amide bonds. The largest absolute Gasteiger partial charge is 0.399 e. The number of rotatable bonds is 4. The summed E-state index contributed by atoms with van der Waals surface area (Å²) >= 11 is 3.40. The quantitative estimate of drug-likeness (QED) is 0.573. The first-order chi connectivity index (χ1) is 10.2. The van der Waals surface area contributed by atoms with Crippen molar-refractivity contribution in [3.63, 3.8) is 0 Å². The molecule has 0 aliphatic heterocycles. The Labute approximate surface area is 132 Å². The Morgan fingerprint density at radius 1 is 1.24 bits per heavy atom. The summed E-state index contributed by atoms with van der Waals surface area (Å²) in [7, 11) is 0. The van der Waals surface area contributed by atoms with Crippen molar-refractivity contribution in [1.29, 1.82) is 0 Å². The number of nitrogens with zero attached hydrogens (tertiary/aromatic N) is 2. The summed E-state index contributed by atoms with van der Waals surface area (Å²) in [5.74, 6) is 0.841. The highest BCUT2D eigenvalue weighted by Crippen LogP contribution is 2.29. The molecular formula is C16H15N3S2. The molecule has 2 heterocycles. The van der Waals surface area contributed by atoms with Crippen molar-refractivity contribution in [2.75, 3.05) is 5.73 Å². The van der Waals surface area contributed by atoms with Crippen LogP contribution in [-0.2, 0) is 5.75 Å². The summed E-state index contributed by atoms with van der Waals surface area (Å²) < 4.78 is 0. The van der Waals surface area contributed by atoms with Crippen LogP contribution in [0.25, 0.3) is 10.7 Å². The van der Waals surface area contributed by atoms with E-state index < -0.39 is 0 Å². The Morgan fingerprint density at radius 3 is 2.95 bits per heavy atom. The molecule has 0 bridgehead atoms. The molecule has 0 radical (unpaired) electrons. The van der Waals surface area contributed by atoms with E-state index >= 15 is 0 Å². The number of nitrogens with two attached hydrogens (primary N) is 1. The van der Waals surface area contributed by atoms with E-state index in [1.807, 2.05) is 30.3 Å².